The molecule has 1 N–H and O–H groups in total. The number of nitrogens with zero attached hydrogens (tertiary/aromatic N) is 2. The van der Waals surface area contributed by atoms with Gasteiger partial charge in [-0.25, -0.2) is 0 Å². The SMILES string of the molecule is CC1=C[C@@H]2N(c3ccccc31)[C@H](C(=O)c1ccccc1Cl)[C@@H](C(=O)c1ccncc1)[C@]21C(=O)Nc2ccccc21. The summed E-state index contributed by atoms with van der Waals surface area (Å²) in [7, 11) is 0. The van der Waals surface area contributed by atoms with E-state index in [0.29, 0.717) is 27.4 Å². The van der Waals surface area contributed by atoms with E-state index >= 15 is 0 Å². The van der Waals surface area contributed by atoms with Crippen molar-refractivity contribution in [2.45, 2.75) is 24.4 Å². The van der Waals surface area contributed by atoms with Gasteiger partial charge in [-0.05, 0) is 54.5 Å². The van der Waals surface area contributed by atoms with Gasteiger partial charge in [0.05, 0.1) is 17.0 Å². The van der Waals surface area contributed by atoms with Gasteiger partial charge in [-0.1, -0.05) is 66.2 Å². The lowest BCUT2D eigenvalue weighted by atomic mass is 9.64. The van der Waals surface area contributed by atoms with Crippen LogP contribution in [0.3, 0.4) is 0 Å². The Morgan fingerprint density at radius 2 is 1.60 bits per heavy atom. The van der Waals surface area contributed by atoms with Gasteiger partial charge in [0.25, 0.3) is 0 Å². The van der Waals surface area contributed by atoms with Crippen LogP contribution < -0.4 is 10.2 Å². The minimum absolute atomic E-state index is 0.294. The van der Waals surface area contributed by atoms with Gasteiger partial charge in [0, 0.05) is 40.5 Å². The number of ketones is 2. The summed E-state index contributed by atoms with van der Waals surface area (Å²) in [4.78, 5) is 49.8. The maximum absolute atomic E-state index is 14.7. The molecule has 0 aliphatic carbocycles. The standard InChI is InChI=1S/C33H24ClN3O3/c1-19-18-27-33(23-10-4-6-12-25(23)36-32(33)40)28(30(38)20-14-16-35-17-15-20)29(31(39)22-9-2-5-11-24(22)34)37(27)26-13-7-3-8-21(19)26/h2-18,27-29H,1H3,(H,36,40)/t27-,28-,29-,33+/m0/s1. The van der Waals surface area contributed by atoms with Crippen LogP contribution in [0.5, 0.6) is 0 Å². The lowest BCUT2D eigenvalue weighted by Gasteiger charge is -2.39. The number of amides is 1. The summed E-state index contributed by atoms with van der Waals surface area (Å²) < 4.78 is 0. The second-order valence-corrected chi connectivity index (χ2v) is 10.9. The Bertz CT molecular complexity index is 1750. The highest BCUT2D eigenvalue weighted by atomic mass is 35.5. The Hall–Kier alpha value is -4.55. The van der Waals surface area contributed by atoms with E-state index in [9.17, 15) is 14.4 Å². The number of hydrogen-bond donors (Lipinski definition) is 1. The molecule has 0 radical (unpaired) electrons. The largest absolute Gasteiger partial charge is 0.352 e. The number of Topliss-reactive ketones (excluding diaryl/α,β-unsaturated/α-hetero) is 2. The Balaban J connectivity index is 1.57. The predicted octanol–water partition coefficient (Wildman–Crippen LogP) is 5.98. The summed E-state index contributed by atoms with van der Waals surface area (Å²) in [5, 5.41) is 3.35. The van der Waals surface area contributed by atoms with Crippen LogP contribution in [0.1, 0.15) is 38.8 Å². The monoisotopic (exact) mass is 545 g/mol. The van der Waals surface area contributed by atoms with Gasteiger partial charge >= 0.3 is 0 Å². The minimum Gasteiger partial charge on any atom is -0.352 e. The fourth-order valence-electron chi connectivity index (χ4n) is 6.90. The van der Waals surface area contributed by atoms with Crippen molar-refractivity contribution in [2.24, 2.45) is 5.92 Å². The van der Waals surface area contributed by atoms with Crippen molar-refractivity contribution >= 4 is 46.0 Å². The molecule has 3 aliphatic heterocycles. The predicted molar refractivity (Wildman–Crippen MR) is 155 cm³/mol. The van der Waals surface area contributed by atoms with Crippen molar-refractivity contribution in [2.75, 3.05) is 10.2 Å². The zero-order chi connectivity index (χ0) is 27.6. The smallest absolute Gasteiger partial charge is 0.238 e. The van der Waals surface area contributed by atoms with E-state index in [1.807, 2.05) is 66.4 Å². The van der Waals surface area contributed by atoms with Gasteiger partial charge in [0.15, 0.2) is 11.6 Å². The topological polar surface area (TPSA) is 79.4 Å². The zero-order valence-corrected chi connectivity index (χ0v) is 22.3. The van der Waals surface area contributed by atoms with E-state index in [1.165, 1.54) is 0 Å². The number of allylic oxidation sites excluding steroid dienone is 1. The number of para-hydroxylation sites is 2. The number of nitrogens with one attached hydrogen (secondary N) is 1. The normalized spacial score (nSPS) is 24.1. The quantitative estimate of drug-likeness (QED) is 0.319. The Morgan fingerprint density at radius 1 is 0.900 bits per heavy atom. The number of rotatable bonds is 4. The van der Waals surface area contributed by atoms with Crippen LogP contribution in [0.4, 0.5) is 11.4 Å². The summed E-state index contributed by atoms with van der Waals surface area (Å²) in [6, 6.07) is 23.8. The number of benzene rings is 3. The second-order valence-electron chi connectivity index (χ2n) is 10.5. The van der Waals surface area contributed by atoms with Crippen molar-refractivity contribution in [3.8, 4) is 0 Å². The maximum atomic E-state index is 14.7. The van der Waals surface area contributed by atoms with Gasteiger partial charge in [0.1, 0.15) is 11.5 Å². The van der Waals surface area contributed by atoms with Crippen molar-refractivity contribution in [1.29, 1.82) is 0 Å². The van der Waals surface area contributed by atoms with Gasteiger partial charge in [0.2, 0.25) is 5.91 Å². The molecule has 196 valence electrons. The van der Waals surface area contributed by atoms with E-state index < -0.39 is 23.4 Å². The molecular formula is C33H24ClN3O3. The van der Waals surface area contributed by atoms with Gasteiger partial charge in [-0.15, -0.1) is 0 Å². The third kappa shape index (κ3) is 3.23. The molecule has 0 saturated carbocycles. The van der Waals surface area contributed by atoms with Crippen molar-refractivity contribution in [3.05, 3.63) is 131 Å². The van der Waals surface area contributed by atoms with Gasteiger partial charge in [-0.2, -0.15) is 0 Å². The van der Waals surface area contributed by atoms with E-state index in [2.05, 4.69) is 10.3 Å². The summed E-state index contributed by atoms with van der Waals surface area (Å²) in [6.45, 7) is 2.01. The maximum Gasteiger partial charge on any atom is 0.238 e. The molecule has 0 unspecified atom stereocenters. The van der Waals surface area contributed by atoms with Crippen molar-refractivity contribution in [1.82, 2.24) is 4.98 Å². The average molecular weight is 546 g/mol. The van der Waals surface area contributed by atoms with E-state index in [-0.39, 0.29) is 17.5 Å². The molecule has 1 saturated heterocycles. The minimum atomic E-state index is -1.37. The van der Waals surface area contributed by atoms with E-state index in [1.54, 1.807) is 48.8 Å². The highest BCUT2D eigenvalue weighted by Crippen LogP contribution is 2.58. The fraction of sp³-hybridized carbons (Fsp3) is 0.152. The van der Waals surface area contributed by atoms with Crippen LogP contribution >= 0.6 is 11.6 Å². The summed E-state index contributed by atoms with van der Waals surface area (Å²) >= 11 is 6.58. The molecule has 7 heteroatoms. The van der Waals surface area contributed by atoms with E-state index in [4.69, 9.17) is 11.6 Å². The molecule has 40 heavy (non-hydrogen) atoms. The molecule has 3 aliphatic rings. The number of aromatic nitrogens is 1. The van der Waals surface area contributed by atoms with Gasteiger partial charge in [-0.3, -0.25) is 19.4 Å². The third-order valence-electron chi connectivity index (χ3n) is 8.54. The number of carbonyl (C=O) groups is 3. The molecule has 1 aromatic heterocycles. The highest BCUT2D eigenvalue weighted by Gasteiger charge is 2.70. The fourth-order valence-corrected chi connectivity index (χ4v) is 7.13. The number of pyridine rings is 1. The Labute approximate surface area is 236 Å². The first-order chi connectivity index (χ1) is 19.4. The average Bonchev–Trinajstić information content (AvgIpc) is 3.45. The molecule has 7 rings (SSSR count). The van der Waals surface area contributed by atoms with Crippen molar-refractivity contribution < 1.29 is 14.4 Å². The first-order valence-corrected chi connectivity index (χ1v) is 13.5. The first-order valence-electron chi connectivity index (χ1n) is 13.1. The molecule has 0 bridgehead atoms. The molecule has 3 aromatic carbocycles. The number of halogens is 1. The third-order valence-corrected chi connectivity index (χ3v) is 8.87. The van der Waals surface area contributed by atoms with Gasteiger partial charge < -0.3 is 10.2 Å². The van der Waals surface area contributed by atoms with Crippen LogP contribution in [0.15, 0.2) is 103 Å². The number of fused-ring (bicyclic) bond motifs is 6. The first kappa shape index (κ1) is 24.5. The Morgan fingerprint density at radius 3 is 2.40 bits per heavy atom. The zero-order valence-electron chi connectivity index (χ0n) is 21.5. The number of carbonyl (C=O) groups excluding carboxylic acids is 3. The lowest BCUT2D eigenvalue weighted by molar-refractivity contribution is -0.121. The van der Waals surface area contributed by atoms with E-state index in [0.717, 1.165) is 16.8 Å². The number of anilines is 2. The van der Waals surface area contributed by atoms with Crippen LogP contribution in [0.25, 0.3) is 5.57 Å². The number of hydrogen-bond acceptors (Lipinski definition) is 5. The molecule has 1 spiro atoms. The van der Waals surface area contributed by atoms with Crippen LogP contribution in [-0.2, 0) is 10.2 Å². The summed E-state index contributed by atoms with van der Waals surface area (Å²) in [5.41, 5.74) is 3.43. The Kier molecular flexibility index (Phi) is 5.51. The molecule has 4 aromatic rings. The molecule has 4 heterocycles. The second kappa shape index (κ2) is 9.00. The summed E-state index contributed by atoms with van der Waals surface area (Å²) in [5.74, 6) is -1.95. The van der Waals surface area contributed by atoms with Crippen LogP contribution in [0, 0.1) is 5.92 Å². The van der Waals surface area contributed by atoms with Crippen LogP contribution in [-0.4, -0.2) is 34.5 Å². The lowest BCUT2D eigenvalue weighted by Crippen LogP contribution is -2.51. The van der Waals surface area contributed by atoms with Crippen molar-refractivity contribution in [3.63, 3.8) is 0 Å². The molecule has 6 nitrogen and oxygen atoms in total. The molecular weight excluding hydrogens is 522 g/mol. The molecule has 4 atom stereocenters. The van der Waals surface area contributed by atoms with Crippen LogP contribution in [0.2, 0.25) is 5.02 Å². The highest BCUT2D eigenvalue weighted by molar-refractivity contribution is 6.34. The molecule has 1 amide bonds. The summed E-state index contributed by atoms with van der Waals surface area (Å²) in [6.07, 6.45) is 5.14. The molecule has 1 fully saturated rings.